The lowest BCUT2D eigenvalue weighted by Crippen LogP contribution is -2.33. The average Bonchev–Trinajstić information content (AvgIpc) is 3.60. The molecule has 0 amide bonds. The Morgan fingerprint density at radius 2 is 1.12 bits per heavy atom. The Morgan fingerprint density at radius 1 is 0.451 bits per heavy atom. The van der Waals surface area contributed by atoms with Crippen molar-refractivity contribution in [2.24, 2.45) is 9.98 Å². The molecule has 0 bridgehead atoms. The third-order valence-corrected chi connectivity index (χ3v) is 9.93. The van der Waals surface area contributed by atoms with Crippen LogP contribution in [-0.4, -0.2) is 11.7 Å². The van der Waals surface area contributed by atoms with E-state index < -0.39 is 0 Å². The predicted molar refractivity (Wildman–Crippen MR) is 211 cm³/mol. The van der Waals surface area contributed by atoms with Crippen LogP contribution in [0.4, 0.5) is 0 Å². The Morgan fingerprint density at radius 3 is 1.92 bits per heavy atom. The molecule has 0 saturated heterocycles. The molecule has 8 aromatic carbocycles. The molecule has 10 rings (SSSR count). The minimum atomic E-state index is -0.317. The van der Waals surface area contributed by atoms with Gasteiger partial charge in [0.2, 0.25) is 0 Å². The molecule has 1 aliphatic heterocycles. The van der Waals surface area contributed by atoms with Crippen LogP contribution in [-0.2, 0) is 0 Å². The van der Waals surface area contributed by atoms with E-state index in [0.717, 1.165) is 61.0 Å². The van der Waals surface area contributed by atoms with Gasteiger partial charge in [0.1, 0.15) is 23.2 Å². The lowest BCUT2D eigenvalue weighted by Gasteiger charge is -2.24. The molecule has 1 N–H and O–H groups in total. The number of furan rings is 1. The smallest absolute Gasteiger partial charge is 0.159 e. The summed E-state index contributed by atoms with van der Waals surface area (Å²) in [4.78, 5) is 10.4. The van der Waals surface area contributed by atoms with Crippen LogP contribution in [0.1, 0.15) is 22.9 Å². The van der Waals surface area contributed by atoms with Crippen molar-refractivity contribution in [3.05, 3.63) is 193 Å². The molecular weight excluding hydrogens is 623 g/mol. The van der Waals surface area contributed by atoms with E-state index in [-0.39, 0.29) is 6.17 Å². The van der Waals surface area contributed by atoms with Gasteiger partial charge in [0, 0.05) is 21.9 Å². The first-order valence-electron chi connectivity index (χ1n) is 17.3. The number of rotatable bonds is 5. The number of hydrogen-bond donors (Lipinski definition) is 1. The summed E-state index contributed by atoms with van der Waals surface area (Å²) in [7, 11) is 0. The maximum atomic E-state index is 6.71. The zero-order valence-corrected chi connectivity index (χ0v) is 27.6. The molecule has 51 heavy (non-hydrogen) atoms. The fourth-order valence-electron chi connectivity index (χ4n) is 7.45. The zero-order valence-electron chi connectivity index (χ0n) is 27.6. The van der Waals surface area contributed by atoms with Crippen molar-refractivity contribution < 1.29 is 4.42 Å². The molecular formula is C47H31N3O. The fourth-order valence-corrected chi connectivity index (χ4v) is 7.45. The van der Waals surface area contributed by atoms with Crippen molar-refractivity contribution in [3.63, 3.8) is 0 Å². The maximum Gasteiger partial charge on any atom is 0.159 e. The molecule has 1 aromatic heterocycles. The van der Waals surface area contributed by atoms with Gasteiger partial charge in [-0.2, -0.15) is 0 Å². The molecule has 4 nitrogen and oxygen atoms in total. The largest absolute Gasteiger partial charge is 0.456 e. The number of amidine groups is 2. The highest BCUT2D eigenvalue weighted by molar-refractivity contribution is 6.27. The molecule has 1 aliphatic rings. The van der Waals surface area contributed by atoms with Gasteiger partial charge in [-0.1, -0.05) is 158 Å². The first-order valence-corrected chi connectivity index (χ1v) is 17.3. The normalized spacial score (nSPS) is 14.5. The highest BCUT2D eigenvalue weighted by Gasteiger charge is 2.25. The van der Waals surface area contributed by atoms with Gasteiger partial charge in [-0.15, -0.1) is 0 Å². The Kier molecular flexibility index (Phi) is 6.85. The molecule has 0 aliphatic carbocycles. The van der Waals surface area contributed by atoms with E-state index in [2.05, 4.69) is 157 Å². The second-order valence-electron chi connectivity index (χ2n) is 13.0. The SMILES string of the molecule is c1ccc(C2=NC(c3ccccc3)NC(c3cc(-c4ccc(-c5cccc6ccccc56)cc4)cc4oc5ccc6ccccc6c5c34)=N2)cc1. The van der Waals surface area contributed by atoms with E-state index >= 15 is 0 Å². The van der Waals surface area contributed by atoms with E-state index in [9.17, 15) is 0 Å². The van der Waals surface area contributed by atoms with E-state index in [4.69, 9.17) is 14.4 Å². The first-order chi connectivity index (χ1) is 25.3. The van der Waals surface area contributed by atoms with Crippen LogP contribution in [0.15, 0.2) is 190 Å². The number of nitrogens with zero attached hydrogens (tertiary/aromatic N) is 2. The maximum absolute atomic E-state index is 6.71. The van der Waals surface area contributed by atoms with Crippen molar-refractivity contribution in [3.8, 4) is 22.3 Å². The summed E-state index contributed by atoms with van der Waals surface area (Å²) in [5, 5.41) is 10.6. The van der Waals surface area contributed by atoms with Crippen LogP contribution < -0.4 is 5.32 Å². The minimum Gasteiger partial charge on any atom is -0.456 e. The molecule has 1 atom stereocenters. The van der Waals surface area contributed by atoms with Gasteiger partial charge >= 0.3 is 0 Å². The molecule has 0 spiro atoms. The molecule has 240 valence electrons. The van der Waals surface area contributed by atoms with Gasteiger partial charge in [-0.3, -0.25) is 0 Å². The van der Waals surface area contributed by atoms with Gasteiger partial charge in [-0.25, -0.2) is 9.98 Å². The Labute approximate surface area is 295 Å². The van der Waals surface area contributed by atoms with E-state index in [1.54, 1.807) is 0 Å². The highest BCUT2D eigenvalue weighted by Crippen LogP contribution is 2.40. The lowest BCUT2D eigenvalue weighted by molar-refractivity contribution is 0.668. The topological polar surface area (TPSA) is 49.9 Å². The lowest BCUT2D eigenvalue weighted by atomic mass is 9.93. The highest BCUT2D eigenvalue weighted by atomic mass is 16.3. The van der Waals surface area contributed by atoms with Crippen LogP contribution in [0.5, 0.6) is 0 Å². The summed E-state index contributed by atoms with van der Waals surface area (Å²) in [5.74, 6) is 1.45. The van der Waals surface area contributed by atoms with Crippen LogP contribution in [0, 0.1) is 0 Å². The first kappa shape index (κ1) is 29.2. The summed E-state index contributed by atoms with van der Waals surface area (Å²) in [5.41, 5.74) is 9.22. The minimum absolute atomic E-state index is 0.317. The quantitative estimate of drug-likeness (QED) is 0.201. The van der Waals surface area contributed by atoms with Crippen molar-refractivity contribution >= 4 is 55.2 Å². The third-order valence-electron chi connectivity index (χ3n) is 9.93. The van der Waals surface area contributed by atoms with Crippen molar-refractivity contribution in [2.45, 2.75) is 6.17 Å². The number of benzene rings is 8. The van der Waals surface area contributed by atoms with Crippen LogP contribution >= 0.6 is 0 Å². The number of fused-ring (bicyclic) bond motifs is 6. The Bertz CT molecular complexity index is 2810. The molecule has 2 heterocycles. The summed E-state index contributed by atoms with van der Waals surface area (Å²) in [6.07, 6.45) is -0.317. The molecule has 0 fully saturated rings. The van der Waals surface area contributed by atoms with Gasteiger partial charge < -0.3 is 9.73 Å². The van der Waals surface area contributed by atoms with E-state index in [1.165, 1.54) is 27.3 Å². The van der Waals surface area contributed by atoms with E-state index in [0.29, 0.717) is 5.84 Å². The monoisotopic (exact) mass is 653 g/mol. The molecule has 4 heteroatoms. The standard InChI is InChI=1S/C47H31N3O/c1-3-14-34(15-4-1)45-48-46(35-16-5-2-6-17-35)50-47(49-45)40-28-36(29-42-44(40)43-39-20-10-8-13-32(39)26-27-41(43)51-42)30-22-24-33(25-23-30)38-21-11-18-31-12-7-9-19-37(31)38/h1-29,45H,(H,48,49,50). The van der Waals surface area contributed by atoms with Crippen LogP contribution in [0.25, 0.3) is 65.7 Å². The summed E-state index contributed by atoms with van der Waals surface area (Å²) < 4.78 is 6.71. The van der Waals surface area contributed by atoms with Crippen molar-refractivity contribution in [1.29, 1.82) is 0 Å². The second kappa shape index (κ2) is 12.0. The van der Waals surface area contributed by atoms with Crippen molar-refractivity contribution in [2.75, 3.05) is 0 Å². The number of nitrogens with one attached hydrogen (secondary N) is 1. The molecule has 9 aromatic rings. The number of aliphatic imine (C=N–C) groups is 2. The average molecular weight is 654 g/mol. The van der Waals surface area contributed by atoms with Gasteiger partial charge in [0.25, 0.3) is 0 Å². The predicted octanol–water partition coefficient (Wildman–Crippen LogP) is 11.7. The Hall–Kier alpha value is -6.78. The van der Waals surface area contributed by atoms with Gasteiger partial charge in [-0.05, 0) is 67.6 Å². The summed E-state index contributed by atoms with van der Waals surface area (Å²) >= 11 is 0. The second-order valence-corrected chi connectivity index (χ2v) is 13.0. The van der Waals surface area contributed by atoms with Crippen LogP contribution in [0.3, 0.4) is 0 Å². The zero-order chi connectivity index (χ0) is 33.7. The van der Waals surface area contributed by atoms with Crippen molar-refractivity contribution in [1.82, 2.24) is 5.32 Å². The molecule has 0 radical (unpaired) electrons. The van der Waals surface area contributed by atoms with E-state index in [1.807, 2.05) is 24.3 Å². The summed E-state index contributed by atoms with van der Waals surface area (Å²) in [6.45, 7) is 0. The van der Waals surface area contributed by atoms with Gasteiger partial charge in [0.15, 0.2) is 5.84 Å². The number of hydrogen-bond acceptors (Lipinski definition) is 4. The fraction of sp³-hybridized carbons (Fsp3) is 0.0213. The molecule has 1 unspecified atom stereocenters. The van der Waals surface area contributed by atoms with Crippen LogP contribution in [0.2, 0.25) is 0 Å². The van der Waals surface area contributed by atoms with Gasteiger partial charge in [0.05, 0.1) is 0 Å². The Balaban J connectivity index is 1.19. The third kappa shape index (κ3) is 5.08. The summed E-state index contributed by atoms with van der Waals surface area (Å²) in [6, 6.07) is 61.6. The molecule has 0 saturated carbocycles.